The molecule has 9 heteroatoms. The highest BCUT2D eigenvalue weighted by atomic mass is 16.6. The van der Waals surface area contributed by atoms with Gasteiger partial charge in [0.15, 0.2) is 23.2 Å². The summed E-state index contributed by atoms with van der Waals surface area (Å²) in [6, 6.07) is 0. The molecule has 174 valence electrons. The van der Waals surface area contributed by atoms with Gasteiger partial charge in [-0.15, -0.1) is 0 Å². The molecule has 2 aliphatic rings. The predicted molar refractivity (Wildman–Crippen MR) is 110 cm³/mol. The van der Waals surface area contributed by atoms with Crippen molar-refractivity contribution < 1.29 is 38.9 Å². The molecule has 0 aromatic carbocycles. The van der Waals surface area contributed by atoms with Crippen molar-refractivity contribution in [3.05, 3.63) is 11.8 Å². The smallest absolute Gasteiger partial charge is 0.341 e. The Labute approximate surface area is 182 Å². The van der Waals surface area contributed by atoms with Gasteiger partial charge < -0.3 is 24.6 Å². The topological polar surface area (TPSA) is 130 Å². The number of hydrogen-bond donors (Lipinski definition) is 2. The number of esters is 1. The molecule has 2 rings (SSSR count). The largest absolute Gasteiger partial charge is 0.482 e. The minimum Gasteiger partial charge on any atom is -0.482 e. The van der Waals surface area contributed by atoms with Gasteiger partial charge >= 0.3 is 5.97 Å². The van der Waals surface area contributed by atoms with Crippen LogP contribution in [0.25, 0.3) is 0 Å². The molecule has 0 aromatic heterocycles. The van der Waals surface area contributed by atoms with Crippen LogP contribution in [-0.2, 0) is 28.7 Å². The molecule has 1 saturated heterocycles. The molecule has 0 spiro atoms. The van der Waals surface area contributed by atoms with E-state index in [1.807, 2.05) is 11.9 Å². The molecule has 0 amide bonds. The predicted octanol–water partition coefficient (Wildman–Crippen LogP) is 0.410. The van der Waals surface area contributed by atoms with Crippen LogP contribution in [0.3, 0.4) is 0 Å². The quantitative estimate of drug-likeness (QED) is 0.600. The first kappa shape index (κ1) is 25.2. The normalized spacial score (nSPS) is 36.5. The number of Topliss-reactive ketones (excluding diaryl/α,β-unsaturated/α-hetero) is 3. The van der Waals surface area contributed by atoms with Gasteiger partial charge in [-0.05, 0) is 39.3 Å². The Morgan fingerprint density at radius 1 is 1.35 bits per heavy atom. The fourth-order valence-electron chi connectivity index (χ4n) is 4.02. The van der Waals surface area contributed by atoms with Crippen molar-refractivity contribution in [2.75, 3.05) is 26.7 Å². The van der Waals surface area contributed by atoms with E-state index in [9.17, 15) is 29.4 Å². The highest BCUT2D eigenvalue weighted by Gasteiger charge is 2.51. The van der Waals surface area contributed by atoms with Crippen molar-refractivity contribution in [2.45, 2.75) is 64.8 Å². The standard InChI is InChI=1S/C22H33NO8/c1-13-10-22(29,15(3)25)20(28)31-17-7-9-23(5)8-6-16(19(17)27)30-12-18(26)21(13,4)11-14(2)24/h6,13,15,17,25,29H,7-12H2,1-5H3/b16-6+. The Balaban J connectivity index is 2.56. The Bertz CT molecular complexity index is 775. The first-order chi connectivity index (χ1) is 14.3. The minimum absolute atomic E-state index is 0.100. The van der Waals surface area contributed by atoms with Gasteiger partial charge in [0.25, 0.3) is 0 Å². The Morgan fingerprint density at radius 2 is 2.00 bits per heavy atom. The van der Waals surface area contributed by atoms with Crippen LogP contribution >= 0.6 is 0 Å². The zero-order chi connectivity index (χ0) is 23.6. The van der Waals surface area contributed by atoms with Crippen molar-refractivity contribution in [1.29, 1.82) is 0 Å². The Kier molecular flexibility index (Phi) is 7.78. The van der Waals surface area contributed by atoms with Crippen LogP contribution < -0.4 is 0 Å². The summed E-state index contributed by atoms with van der Waals surface area (Å²) in [5.41, 5.74) is -3.63. The average Bonchev–Trinajstić information content (AvgIpc) is 2.67. The molecule has 1 fully saturated rings. The fraction of sp³-hybridized carbons (Fsp3) is 0.727. The van der Waals surface area contributed by atoms with Crippen LogP contribution in [0, 0.1) is 11.3 Å². The zero-order valence-electron chi connectivity index (χ0n) is 18.8. The van der Waals surface area contributed by atoms with Crippen molar-refractivity contribution in [1.82, 2.24) is 4.90 Å². The maximum Gasteiger partial charge on any atom is 0.341 e. The number of hydrogen-bond acceptors (Lipinski definition) is 9. The molecule has 2 heterocycles. The molecule has 2 aliphatic heterocycles. The number of likely N-dealkylation sites (N-methyl/N-ethyl adjacent to an activating group) is 1. The molecule has 5 atom stereocenters. The van der Waals surface area contributed by atoms with E-state index < -0.39 is 53.3 Å². The van der Waals surface area contributed by atoms with Crippen molar-refractivity contribution in [3.8, 4) is 0 Å². The van der Waals surface area contributed by atoms with Gasteiger partial charge in [0.2, 0.25) is 5.78 Å². The number of fused-ring (bicyclic) bond motifs is 2. The number of nitrogens with zero attached hydrogens (tertiary/aromatic N) is 1. The highest BCUT2D eigenvalue weighted by molar-refractivity contribution is 5.99. The average molecular weight is 440 g/mol. The summed E-state index contributed by atoms with van der Waals surface area (Å²) in [7, 11) is 1.81. The number of ketones is 3. The molecule has 2 N–H and O–H groups in total. The summed E-state index contributed by atoms with van der Waals surface area (Å²) in [6.45, 7) is 6.19. The van der Waals surface area contributed by atoms with E-state index in [-0.39, 0.29) is 30.8 Å². The first-order valence-corrected chi connectivity index (χ1v) is 10.5. The summed E-state index contributed by atoms with van der Waals surface area (Å²) in [4.78, 5) is 52.9. The lowest BCUT2D eigenvalue weighted by Crippen LogP contribution is -2.54. The highest BCUT2D eigenvalue weighted by Crippen LogP contribution is 2.40. The summed E-state index contributed by atoms with van der Waals surface area (Å²) in [6.07, 6.45) is -1.53. The molecule has 0 aromatic rings. The number of rotatable bonds is 3. The molecule has 31 heavy (non-hydrogen) atoms. The van der Waals surface area contributed by atoms with E-state index in [1.165, 1.54) is 19.9 Å². The van der Waals surface area contributed by atoms with E-state index in [2.05, 4.69) is 0 Å². The number of aliphatic hydroxyl groups is 2. The van der Waals surface area contributed by atoms with E-state index in [1.54, 1.807) is 13.8 Å². The summed E-state index contributed by atoms with van der Waals surface area (Å²) < 4.78 is 11.0. The lowest BCUT2D eigenvalue weighted by Gasteiger charge is -2.40. The van der Waals surface area contributed by atoms with E-state index >= 15 is 0 Å². The van der Waals surface area contributed by atoms with Crippen LogP contribution in [0.4, 0.5) is 0 Å². The summed E-state index contributed by atoms with van der Waals surface area (Å²) in [5, 5.41) is 21.3. The summed E-state index contributed by atoms with van der Waals surface area (Å²) in [5.74, 6) is -3.22. The van der Waals surface area contributed by atoms with E-state index in [0.29, 0.717) is 13.1 Å². The van der Waals surface area contributed by atoms with E-state index in [0.717, 1.165) is 0 Å². The molecule has 9 nitrogen and oxygen atoms in total. The SMILES string of the molecule is CC(=O)CC1(C)C(=O)CO/C2=C/CN(C)CCC(OC(=O)C(O)(C(C)O)CC1C)C2=O. The van der Waals surface area contributed by atoms with Crippen LogP contribution in [0.2, 0.25) is 0 Å². The monoisotopic (exact) mass is 439 g/mol. The molecule has 0 radical (unpaired) electrons. The third-order valence-corrected chi connectivity index (χ3v) is 6.51. The maximum atomic E-state index is 13.2. The van der Waals surface area contributed by atoms with Gasteiger partial charge in [0.1, 0.15) is 12.4 Å². The van der Waals surface area contributed by atoms with Crippen LogP contribution in [0.15, 0.2) is 11.8 Å². The Morgan fingerprint density at radius 3 is 2.58 bits per heavy atom. The number of carbonyl (C=O) groups excluding carboxylic acids is 4. The molecule has 2 bridgehead atoms. The molecular weight excluding hydrogens is 406 g/mol. The number of aliphatic hydroxyl groups excluding tert-OH is 1. The van der Waals surface area contributed by atoms with Crippen LogP contribution in [0.1, 0.15) is 47.0 Å². The van der Waals surface area contributed by atoms with Crippen molar-refractivity contribution >= 4 is 23.3 Å². The Hall–Kier alpha value is -2.10. The molecule has 0 aliphatic carbocycles. The minimum atomic E-state index is -2.35. The number of ether oxygens (including phenoxy) is 2. The first-order valence-electron chi connectivity index (χ1n) is 10.5. The lowest BCUT2D eigenvalue weighted by atomic mass is 9.67. The molecular formula is C22H33NO8. The second-order valence-electron chi connectivity index (χ2n) is 9.09. The van der Waals surface area contributed by atoms with Crippen molar-refractivity contribution in [2.24, 2.45) is 11.3 Å². The summed E-state index contributed by atoms with van der Waals surface area (Å²) >= 11 is 0. The molecule has 0 saturated carbocycles. The van der Waals surface area contributed by atoms with Crippen LogP contribution in [0.5, 0.6) is 0 Å². The van der Waals surface area contributed by atoms with Crippen LogP contribution in [-0.4, -0.2) is 83.0 Å². The third-order valence-electron chi connectivity index (χ3n) is 6.51. The van der Waals surface area contributed by atoms with Gasteiger partial charge in [-0.2, -0.15) is 0 Å². The molecule has 5 unspecified atom stereocenters. The fourth-order valence-corrected chi connectivity index (χ4v) is 4.02. The maximum absolute atomic E-state index is 13.2. The van der Waals surface area contributed by atoms with Gasteiger partial charge in [0.05, 0.1) is 6.10 Å². The van der Waals surface area contributed by atoms with E-state index in [4.69, 9.17) is 9.47 Å². The van der Waals surface area contributed by atoms with Gasteiger partial charge in [-0.3, -0.25) is 14.4 Å². The third kappa shape index (κ3) is 5.39. The second-order valence-corrected chi connectivity index (χ2v) is 9.09. The zero-order valence-corrected chi connectivity index (χ0v) is 18.8. The lowest BCUT2D eigenvalue weighted by molar-refractivity contribution is -0.189. The van der Waals surface area contributed by atoms with Crippen molar-refractivity contribution in [3.63, 3.8) is 0 Å². The van der Waals surface area contributed by atoms with Gasteiger partial charge in [0, 0.05) is 31.3 Å². The second kappa shape index (κ2) is 9.58. The van der Waals surface area contributed by atoms with Gasteiger partial charge in [-0.1, -0.05) is 13.8 Å². The number of carbonyl (C=O) groups is 4. The van der Waals surface area contributed by atoms with Gasteiger partial charge in [-0.25, -0.2) is 4.79 Å².